The summed E-state index contributed by atoms with van der Waals surface area (Å²) < 4.78 is 27.8. The van der Waals surface area contributed by atoms with Gasteiger partial charge in [0.1, 0.15) is 0 Å². The van der Waals surface area contributed by atoms with Crippen molar-refractivity contribution < 1.29 is 8.42 Å². The van der Waals surface area contributed by atoms with Gasteiger partial charge >= 0.3 is 0 Å². The third-order valence-corrected chi connectivity index (χ3v) is 7.29. The molecule has 1 aromatic rings. The van der Waals surface area contributed by atoms with Crippen LogP contribution in [0.5, 0.6) is 0 Å². The molecule has 0 spiro atoms. The lowest BCUT2D eigenvalue weighted by Crippen LogP contribution is -2.40. The Hall–Kier alpha value is -1.60. The van der Waals surface area contributed by atoms with E-state index in [1.807, 2.05) is 12.1 Å². The van der Waals surface area contributed by atoms with Gasteiger partial charge in [-0.25, -0.2) is 8.42 Å². The molecule has 0 saturated carbocycles. The van der Waals surface area contributed by atoms with Crippen molar-refractivity contribution in [2.75, 3.05) is 26.7 Å². The normalized spacial score (nSPS) is 16.5. The van der Waals surface area contributed by atoms with Gasteiger partial charge in [0.15, 0.2) is 5.96 Å². The molecule has 0 bridgehead atoms. The first-order chi connectivity index (χ1) is 13.0. The number of benzene rings is 1. The fourth-order valence-electron chi connectivity index (χ4n) is 3.36. The molecule has 1 saturated heterocycles. The van der Waals surface area contributed by atoms with Crippen LogP contribution in [-0.2, 0) is 16.6 Å². The summed E-state index contributed by atoms with van der Waals surface area (Å²) in [6.45, 7) is 6.89. The minimum absolute atomic E-state index is 0.398. The van der Waals surface area contributed by atoms with E-state index in [2.05, 4.69) is 29.5 Å². The number of hydrogen-bond donors (Lipinski definition) is 2. The second-order valence-corrected chi connectivity index (χ2v) is 8.97. The van der Waals surface area contributed by atoms with Crippen LogP contribution >= 0.6 is 0 Å². The van der Waals surface area contributed by atoms with Gasteiger partial charge in [-0.2, -0.15) is 4.31 Å². The van der Waals surface area contributed by atoms with E-state index in [0.29, 0.717) is 36.4 Å². The first-order valence-corrected chi connectivity index (χ1v) is 11.5. The zero-order valence-electron chi connectivity index (χ0n) is 16.9. The number of hydrogen-bond acceptors (Lipinski definition) is 3. The molecule has 1 heterocycles. The van der Waals surface area contributed by atoms with Gasteiger partial charge in [-0.05, 0) is 30.4 Å². The van der Waals surface area contributed by atoms with Crippen LogP contribution in [0.4, 0.5) is 0 Å². The van der Waals surface area contributed by atoms with E-state index in [1.54, 1.807) is 23.5 Å². The fourth-order valence-corrected chi connectivity index (χ4v) is 5.10. The lowest BCUT2D eigenvalue weighted by molar-refractivity contribution is 0.346. The Bertz CT molecular complexity index is 708. The summed E-state index contributed by atoms with van der Waals surface area (Å²) in [6.07, 6.45) is 5.22. The second-order valence-electron chi connectivity index (χ2n) is 7.06. The third kappa shape index (κ3) is 5.94. The molecule has 27 heavy (non-hydrogen) atoms. The molecule has 0 amide bonds. The third-order valence-electron chi connectivity index (χ3n) is 5.29. The molecule has 1 fully saturated rings. The molecule has 6 nitrogen and oxygen atoms in total. The van der Waals surface area contributed by atoms with Gasteiger partial charge in [0.2, 0.25) is 10.0 Å². The zero-order chi connectivity index (χ0) is 19.7. The number of nitrogens with zero attached hydrogens (tertiary/aromatic N) is 2. The minimum atomic E-state index is -3.45. The average molecular weight is 395 g/mol. The van der Waals surface area contributed by atoms with Gasteiger partial charge in [-0.1, -0.05) is 51.3 Å². The van der Waals surface area contributed by atoms with Gasteiger partial charge < -0.3 is 10.6 Å². The molecular weight excluding hydrogens is 360 g/mol. The van der Waals surface area contributed by atoms with Crippen LogP contribution in [0.25, 0.3) is 0 Å². The van der Waals surface area contributed by atoms with Crippen molar-refractivity contribution >= 4 is 16.0 Å². The van der Waals surface area contributed by atoms with E-state index in [-0.39, 0.29) is 0 Å². The summed E-state index contributed by atoms with van der Waals surface area (Å²) in [6, 6.07) is 7.26. The SMILES string of the molecule is CCC(CC)CNC(=NC)NCc1ccccc1S(=O)(=O)N1CCCCC1. The number of rotatable bonds is 8. The first kappa shape index (κ1) is 21.7. The van der Waals surface area contributed by atoms with Crippen molar-refractivity contribution in [1.29, 1.82) is 0 Å². The van der Waals surface area contributed by atoms with E-state index in [1.165, 1.54) is 0 Å². The van der Waals surface area contributed by atoms with E-state index >= 15 is 0 Å². The summed E-state index contributed by atoms with van der Waals surface area (Å²) in [5.41, 5.74) is 0.772. The minimum Gasteiger partial charge on any atom is -0.356 e. The molecule has 152 valence electrons. The molecule has 2 N–H and O–H groups in total. The van der Waals surface area contributed by atoms with Gasteiger partial charge in [0.05, 0.1) is 4.90 Å². The monoisotopic (exact) mass is 394 g/mol. The smallest absolute Gasteiger partial charge is 0.243 e. The van der Waals surface area contributed by atoms with Crippen molar-refractivity contribution in [3.05, 3.63) is 29.8 Å². The largest absolute Gasteiger partial charge is 0.356 e. The van der Waals surface area contributed by atoms with Crippen molar-refractivity contribution in [2.45, 2.75) is 57.4 Å². The predicted octanol–water partition coefficient (Wildman–Crippen LogP) is 2.96. The topological polar surface area (TPSA) is 73.8 Å². The molecular formula is C20H34N4O2S. The molecule has 0 aromatic heterocycles. The van der Waals surface area contributed by atoms with Gasteiger partial charge in [-0.3, -0.25) is 4.99 Å². The Morgan fingerprint density at radius 3 is 2.41 bits per heavy atom. The highest BCUT2D eigenvalue weighted by Gasteiger charge is 2.27. The van der Waals surface area contributed by atoms with Crippen LogP contribution in [0.1, 0.15) is 51.5 Å². The number of aliphatic imine (C=N–C) groups is 1. The van der Waals surface area contributed by atoms with Gasteiger partial charge in [-0.15, -0.1) is 0 Å². The van der Waals surface area contributed by atoms with Crippen LogP contribution in [0.3, 0.4) is 0 Å². The summed E-state index contributed by atoms with van der Waals surface area (Å²) in [5, 5.41) is 6.60. The highest BCUT2D eigenvalue weighted by Crippen LogP contribution is 2.23. The first-order valence-electron chi connectivity index (χ1n) is 10.1. The number of sulfonamides is 1. The van der Waals surface area contributed by atoms with Gasteiger partial charge in [0, 0.05) is 33.2 Å². The summed E-state index contributed by atoms with van der Waals surface area (Å²) >= 11 is 0. The van der Waals surface area contributed by atoms with Crippen molar-refractivity contribution in [1.82, 2.24) is 14.9 Å². The number of nitrogens with one attached hydrogen (secondary N) is 2. The zero-order valence-corrected chi connectivity index (χ0v) is 17.7. The fraction of sp³-hybridized carbons (Fsp3) is 0.650. The predicted molar refractivity (Wildman–Crippen MR) is 111 cm³/mol. The van der Waals surface area contributed by atoms with Crippen LogP contribution in [-0.4, -0.2) is 45.4 Å². The van der Waals surface area contributed by atoms with Crippen molar-refractivity contribution in [3.8, 4) is 0 Å². The molecule has 1 aliphatic heterocycles. The van der Waals surface area contributed by atoms with Crippen molar-refractivity contribution in [2.24, 2.45) is 10.9 Å². The summed E-state index contributed by atoms with van der Waals surface area (Å²) in [4.78, 5) is 4.66. The Morgan fingerprint density at radius 1 is 1.11 bits per heavy atom. The Morgan fingerprint density at radius 2 is 1.78 bits per heavy atom. The van der Waals surface area contributed by atoms with Crippen LogP contribution < -0.4 is 10.6 Å². The quantitative estimate of drug-likeness (QED) is 0.525. The average Bonchev–Trinajstić information content (AvgIpc) is 2.71. The Balaban J connectivity index is 2.07. The van der Waals surface area contributed by atoms with E-state index in [9.17, 15) is 8.42 Å². The summed E-state index contributed by atoms with van der Waals surface area (Å²) in [7, 11) is -1.71. The molecule has 0 unspecified atom stereocenters. The lowest BCUT2D eigenvalue weighted by atomic mass is 10.0. The molecule has 1 aromatic carbocycles. The van der Waals surface area contributed by atoms with Crippen LogP contribution in [0.2, 0.25) is 0 Å². The van der Waals surface area contributed by atoms with E-state index < -0.39 is 10.0 Å². The second kappa shape index (κ2) is 10.7. The van der Waals surface area contributed by atoms with E-state index in [4.69, 9.17) is 0 Å². The van der Waals surface area contributed by atoms with Crippen molar-refractivity contribution in [3.63, 3.8) is 0 Å². The van der Waals surface area contributed by atoms with E-state index in [0.717, 1.165) is 44.2 Å². The lowest BCUT2D eigenvalue weighted by Gasteiger charge is -2.27. The Labute approximate surface area is 164 Å². The standard InChI is InChI=1S/C20H34N4O2S/c1-4-17(5-2)15-22-20(21-3)23-16-18-11-7-8-12-19(18)27(25,26)24-13-9-6-10-14-24/h7-8,11-12,17H,4-6,9-10,13-16H2,1-3H3,(H2,21,22,23). The van der Waals surface area contributed by atoms with Gasteiger partial charge in [0.25, 0.3) is 0 Å². The number of piperidine rings is 1. The highest BCUT2D eigenvalue weighted by atomic mass is 32.2. The molecule has 0 aliphatic carbocycles. The summed E-state index contributed by atoms with van der Waals surface area (Å²) in [5.74, 6) is 1.31. The maximum absolute atomic E-state index is 13.1. The van der Waals surface area contributed by atoms with Crippen LogP contribution in [0.15, 0.2) is 34.2 Å². The molecule has 1 aliphatic rings. The molecule has 2 rings (SSSR count). The molecule has 7 heteroatoms. The molecule has 0 radical (unpaired) electrons. The highest BCUT2D eigenvalue weighted by molar-refractivity contribution is 7.89. The Kier molecular flexibility index (Phi) is 8.57. The molecule has 0 atom stereocenters. The number of guanidine groups is 1. The maximum Gasteiger partial charge on any atom is 0.243 e. The maximum atomic E-state index is 13.1. The van der Waals surface area contributed by atoms with Crippen LogP contribution in [0, 0.1) is 5.92 Å².